The van der Waals surface area contributed by atoms with Gasteiger partial charge in [-0.3, -0.25) is 0 Å². The Labute approximate surface area is 183 Å². The Morgan fingerprint density at radius 2 is 1.59 bits per heavy atom. The predicted octanol–water partition coefficient (Wildman–Crippen LogP) is 6.79. The second-order valence-electron chi connectivity index (χ2n) is 7.60. The minimum absolute atomic E-state index is 0.322. The lowest BCUT2D eigenvalue weighted by Gasteiger charge is -2.22. The molecular formula is C26H20F3NO2. The number of benzene rings is 3. The lowest BCUT2D eigenvalue weighted by molar-refractivity contribution is -0.137. The van der Waals surface area contributed by atoms with Gasteiger partial charge < -0.3 is 9.67 Å². The van der Waals surface area contributed by atoms with Gasteiger partial charge in [0.25, 0.3) is 0 Å². The summed E-state index contributed by atoms with van der Waals surface area (Å²) in [5.41, 5.74) is 3.31. The fourth-order valence-corrected chi connectivity index (χ4v) is 3.91. The van der Waals surface area contributed by atoms with E-state index in [1.54, 1.807) is 6.92 Å². The standard InChI is InChI=1S/C26H20F3NO2/c1-17(15-24(31)32)20-9-12-23-21(16-20)13-14-30(23)25(18-5-3-2-4-6-18)19-7-10-22(11-8-19)26(27,28)29/h2-16,25H,1H3,(H,31,32)/b17-15+. The molecule has 0 spiro atoms. The van der Waals surface area contributed by atoms with Crippen molar-refractivity contribution in [2.24, 2.45) is 0 Å². The molecule has 0 aliphatic carbocycles. The summed E-state index contributed by atoms with van der Waals surface area (Å²) in [6.07, 6.45) is -1.33. The number of hydrogen-bond acceptors (Lipinski definition) is 1. The molecule has 0 aliphatic heterocycles. The zero-order valence-corrected chi connectivity index (χ0v) is 17.2. The van der Waals surface area contributed by atoms with Crippen LogP contribution in [0.25, 0.3) is 16.5 Å². The van der Waals surface area contributed by atoms with Crippen LogP contribution in [-0.2, 0) is 11.0 Å². The Morgan fingerprint density at radius 1 is 0.938 bits per heavy atom. The maximum absolute atomic E-state index is 13.1. The van der Waals surface area contributed by atoms with Gasteiger partial charge in [-0.1, -0.05) is 48.5 Å². The van der Waals surface area contributed by atoms with Gasteiger partial charge in [-0.2, -0.15) is 13.2 Å². The van der Waals surface area contributed by atoms with E-state index in [0.717, 1.165) is 45.8 Å². The van der Waals surface area contributed by atoms with Crippen molar-refractivity contribution >= 4 is 22.4 Å². The number of carboxylic acid groups (broad SMARTS) is 1. The molecule has 3 aromatic carbocycles. The summed E-state index contributed by atoms with van der Waals surface area (Å²) >= 11 is 0. The van der Waals surface area contributed by atoms with E-state index in [-0.39, 0.29) is 6.04 Å². The lowest BCUT2D eigenvalue weighted by atomic mass is 9.97. The molecule has 3 nitrogen and oxygen atoms in total. The molecule has 0 radical (unpaired) electrons. The number of allylic oxidation sites excluding steroid dienone is 1. The number of hydrogen-bond donors (Lipinski definition) is 1. The van der Waals surface area contributed by atoms with Crippen LogP contribution in [-0.4, -0.2) is 15.6 Å². The molecule has 4 aromatic rings. The quantitative estimate of drug-likeness (QED) is 0.351. The molecule has 32 heavy (non-hydrogen) atoms. The van der Waals surface area contributed by atoms with Gasteiger partial charge in [-0.25, -0.2) is 4.79 Å². The molecule has 0 amide bonds. The minimum Gasteiger partial charge on any atom is -0.478 e. The highest BCUT2D eigenvalue weighted by atomic mass is 19.4. The van der Waals surface area contributed by atoms with Crippen LogP contribution in [0.1, 0.15) is 35.2 Å². The zero-order valence-electron chi connectivity index (χ0n) is 17.2. The van der Waals surface area contributed by atoms with Crippen molar-refractivity contribution in [3.8, 4) is 0 Å². The molecule has 0 aliphatic rings. The predicted molar refractivity (Wildman–Crippen MR) is 118 cm³/mol. The molecule has 0 saturated carbocycles. The van der Waals surface area contributed by atoms with Crippen LogP contribution in [0.3, 0.4) is 0 Å². The first kappa shape index (κ1) is 21.4. The number of aromatic nitrogens is 1. The van der Waals surface area contributed by atoms with Crippen LogP contribution in [0.15, 0.2) is 91.1 Å². The van der Waals surface area contributed by atoms with Gasteiger partial charge in [0.2, 0.25) is 0 Å². The van der Waals surface area contributed by atoms with Gasteiger partial charge >= 0.3 is 12.1 Å². The monoisotopic (exact) mass is 435 g/mol. The average Bonchev–Trinajstić information content (AvgIpc) is 3.17. The van der Waals surface area contributed by atoms with Crippen molar-refractivity contribution in [1.29, 1.82) is 0 Å². The Morgan fingerprint density at radius 3 is 2.22 bits per heavy atom. The maximum atomic E-state index is 13.1. The second kappa shape index (κ2) is 8.38. The molecule has 6 heteroatoms. The largest absolute Gasteiger partial charge is 0.478 e. The van der Waals surface area contributed by atoms with Gasteiger partial charge in [0.1, 0.15) is 0 Å². The van der Waals surface area contributed by atoms with E-state index in [0.29, 0.717) is 5.57 Å². The summed E-state index contributed by atoms with van der Waals surface area (Å²) < 4.78 is 41.2. The molecule has 0 bridgehead atoms. The highest BCUT2D eigenvalue weighted by Crippen LogP contribution is 2.34. The highest BCUT2D eigenvalue weighted by molar-refractivity contribution is 5.92. The zero-order chi connectivity index (χ0) is 22.9. The van der Waals surface area contributed by atoms with Crippen molar-refractivity contribution in [3.05, 3.63) is 113 Å². The van der Waals surface area contributed by atoms with Crippen LogP contribution in [0.2, 0.25) is 0 Å². The van der Waals surface area contributed by atoms with E-state index >= 15 is 0 Å². The van der Waals surface area contributed by atoms with E-state index in [1.807, 2.05) is 65.4 Å². The third kappa shape index (κ3) is 4.30. The molecular weight excluding hydrogens is 415 g/mol. The Balaban J connectivity index is 1.83. The van der Waals surface area contributed by atoms with Crippen LogP contribution in [0.5, 0.6) is 0 Å². The van der Waals surface area contributed by atoms with Crippen molar-refractivity contribution < 1.29 is 23.1 Å². The van der Waals surface area contributed by atoms with Crippen molar-refractivity contribution in [1.82, 2.24) is 4.57 Å². The van der Waals surface area contributed by atoms with E-state index in [2.05, 4.69) is 0 Å². The first-order valence-electron chi connectivity index (χ1n) is 9.98. The third-order valence-electron chi connectivity index (χ3n) is 5.46. The van der Waals surface area contributed by atoms with Crippen molar-refractivity contribution in [3.63, 3.8) is 0 Å². The molecule has 1 aromatic heterocycles. The van der Waals surface area contributed by atoms with Gasteiger partial charge in [-0.05, 0) is 59.5 Å². The van der Waals surface area contributed by atoms with Gasteiger partial charge in [-0.15, -0.1) is 0 Å². The number of alkyl halides is 3. The number of rotatable bonds is 5. The average molecular weight is 435 g/mol. The summed E-state index contributed by atoms with van der Waals surface area (Å²) in [5, 5.41) is 9.92. The number of halogens is 3. The van der Waals surface area contributed by atoms with Gasteiger partial charge in [0, 0.05) is 23.2 Å². The molecule has 162 valence electrons. The van der Waals surface area contributed by atoms with Crippen LogP contribution in [0.4, 0.5) is 13.2 Å². The molecule has 1 unspecified atom stereocenters. The van der Waals surface area contributed by atoms with Gasteiger partial charge in [0.15, 0.2) is 0 Å². The van der Waals surface area contributed by atoms with Gasteiger partial charge in [0.05, 0.1) is 11.6 Å². The van der Waals surface area contributed by atoms with E-state index in [4.69, 9.17) is 5.11 Å². The number of carbonyl (C=O) groups is 1. The lowest BCUT2D eigenvalue weighted by Crippen LogP contribution is -2.12. The minimum atomic E-state index is -4.39. The number of carboxylic acids is 1. The molecule has 4 rings (SSSR count). The summed E-state index contributed by atoms with van der Waals surface area (Å²) in [6, 6.07) is 22.1. The van der Waals surface area contributed by atoms with Crippen molar-refractivity contribution in [2.75, 3.05) is 0 Å². The number of nitrogens with zero attached hydrogens (tertiary/aromatic N) is 1. The summed E-state index contributed by atoms with van der Waals surface area (Å²) in [5.74, 6) is -1.01. The normalized spacial score (nSPS) is 13.3. The molecule has 0 fully saturated rings. The fraction of sp³-hybridized carbons (Fsp3) is 0.115. The fourth-order valence-electron chi connectivity index (χ4n) is 3.91. The number of aliphatic carboxylic acids is 1. The topological polar surface area (TPSA) is 42.2 Å². The molecule has 1 heterocycles. The smallest absolute Gasteiger partial charge is 0.416 e. The first-order valence-corrected chi connectivity index (χ1v) is 9.98. The van der Waals surface area contributed by atoms with Crippen LogP contribution in [0, 0.1) is 0 Å². The SMILES string of the molecule is C/C(=C\C(=O)O)c1ccc2c(ccn2C(c2ccccc2)c2ccc(C(F)(F)F)cc2)c1. The molecule has 1 N–H and O–H groups in total. The summed E-state index contributed by atoms with van der Waals surface area (Å²) in [4.78, 5) is 11.0. The molecule has 1 atom stereocenters. The second-order valence-corrected chi connectivity index (χ2v) is 7.60. The highest BCUT2D eigenvalue weighted by Gasteiger charge is 2.30. The Bertz CT molecular complexity index is 1290. The number of fused-ring (bicyclic) bond motifs is 1. The van der Waals surface area contributed by atoms with Crippen molar-refractivity contribution in [2.45, 2.75) is 19.1 Å². The third-order valence-corrected chi connectivity index (χ3v) is 5.46. The van der Waals surface area contributed by atoms with Crippen LogP contribution < -0.4 is 0 Å². The Kier molecular flexibility index (Phi) is 5.61. The summed E-state index contributed by atoms with van der Waals surface area (Å²) in [7, 11) is 0. The first-order chi connectivity index (χ1) is 15.2. The van der Waals surface area contributed by atoms with E-state index in [1.165, 1.54) is 12.1 Å². The maximum Gasteiger partial charge on any atom is 0.416 e. The summed E-state index contributed by atoms with van der Waals surface area (Å²) in [6.45, 7) is 1.74. The molecule has 0 saturated heterocycles. The Hall–Kier alpha value is -3.80. The van der Waals surface area contributed by atoms with E-state index < -0.39 is 17.7 Å². The van der Waals surface area contributed by atoms with Crippen LogP contribution >= 0.6 is 0 Å². The van der Waals surface area contributed by atoms with E-state index in [9.17, 15) is 18.0 Å².